The first kappa shape index (κ1) is 23.9. The number of fused-ring (bicyclic) bond motifs is 1. The van der Waals surface area contributed by atoms with Crippen LogP contribution in [0, 0.1) is 23.2 Å². The number of nitriles is 1. The summed E-state index contributed by atoms with van der Waals surface area (Å²) in [6.45, 7) is 0.638. The Bertz CT molecular complexity index is 1140. The fourth-order valence-corrected chi connectivity index (χ4v) is 4.59. The van der Waals surface area contributed by atoms with Gasteiger partial charge in [-0.05, 0) is 49.8 Å². The molecule has 1 saturated carbocycles. The number of piperidine rings is 1. The highest BCUT2D eigenvalue weighted by molar-refractivity contribution is 6.35. The van der Waals surface area contributed by atoms with Crippen LogP contribution < -0.4 is 20.7 Å². The molecule has 10 heteroatoms. The average molecular weight is 486 g/mol. The number of aromatic amines is 1. The van der Waals surface area contributed by atoms with E-state index in [0.29, 0.717) is 47.0 Å². The first-order valence-electron chi connectivity index (χ1n) is 11.5. The largest absolute Gasteiger partial charge is 0.496 e. The molecule has 3 atom stereocenters. The Kier molecular flexibility index (Phi) is 7.27. The zero-order valence-corrected chi connectivity index (χ0v) is 19.7. The molecule has 180 valence electrons. The number of nitrogens with one attached hydrogen (secondary N) is 4. The van der Waals surface area contributed by atoms with Gasteiger partial charge in [-0.25, -0.2) is 0 Å². The van der Waals surface area contributed by atoms with Crippen molar-refractivity contribution >= 4 is 40.2 Å². The van der Waals surface area contributed by atoms with Crippen molar-refractivity contribution in [2.75, 3.05) is 13.7 Å². The van der Waals surface area contributed by atoms with Gasteiger partial charge in [0.1, 0.15) is 23.5 Å². The summed E-state index contributed by atoms with van der Waals surface area (Å²) < 4.78 is 5.35. The lowest BCUT2D eigenvalue weighted by molar-refractivity contribution is -0.128. The monoisotopic (exact) mass is 485 g/mol. The molecule has 34 heavy (non-hydrogen) atoms. The number of ether oxygens (including phenoxy) is 1. The van der Waals surface area contributed by atoms with E-state index in [0.717, 1.165) is 19.3 Å². The van der Waals surface area contributed by atoms with E-state index in [9.17, 15) is 19.6 Å². The third-order valence-electron chi connectivity index (χ3n) is 6.45. The zero-order chi connectivity index (χ0) is 24.2. The Morgan fingerprint density at radius 2 is 2.06 bits per heavy atom. The molecule has 0 unspecified atom stereocenters. The second-order valence-corrected chi connectivity index (χ2v) is 9.39. The van der Waals surface area contributed by atoms with Crippen LogP contribution in [0.15, 0.2) is 18.2 Å². The molecular formula is C24H28ClN5O4. The predicted octanol–water partition coefficient (Wildman–Crippen LogP) is 2.65. The Hall–Kier alpha value is -3.25. The molecule has 0 radical (unpaired) electrons. The van der Waals surface area contributed by atoms with Crippen LogP contribution in [-0.4, -0.2) is 48.4 Å². The lowest BCUT2D eigenvalue weighted by atomic mass is 9.92. The number of hydrogen-bond donors (Lipinski definition) is 4. The Labute approximate surface area is 202 Å². The number of amides is 3. The summed E-state index contributed by atoms with van der Waals surface area (Å²) in [6, 6.07) is 5.53. The maximum absolute atomic E-state index is 13.1. The van der Waals surface area contributed by atoms with E-state index in [1.807, 2.05) is 0 Å². The van der Waals surface area contributed by atoms with Crippen LogP contribution in [0.2, 0.25) is 5.02 Å². The molecule has 9 nitrogen and oxygen atoms in total. The molecular weight excluding hydrogens is 458 g/mol. The molecule has 4 rings (SSSR count). The highest BCUT2D eigenvalue weighted by Crippen LogP contribution is 2.34. The molecule has 2 heterocycles. The minimum atomic E-state index is -0.809. The number of H-pyrrole nitrogens is 1. The molecule has 1 aliphatic carbocycles. The van der Waals surface area contributed by atoms with E-state index in [1.54, 1.807) is 18.2 Å². The number of rotatable bonds is 9. The maximum Gasteiger partial charge on any atom is 0.268 e. The zero-order valence-electron chi connectivity index (χ0n) is 18.9. The first-order chi connectivity index (χ1) is 16.4. The van der Waals surface area contributed by atoms with Gasteiger partial charge in [0, 0.05) is 17.8 Å². The van der Waals surface area contributed by atoms with E-state index in [1.165, 1.54) is 7.11 Å². The predicted molar refractivity (Wildman–Crippen MR) is 126 cm³/mol. The third-order valence-corrected chi connectivity index (χ3v) is 6.76. The molecule has 2 fully saturated rings. The molecule has 4 N–H and O–H groups in total. The van der Waals surface area contributed by atoms with Crippen molar-refractivity contribution in [3.8, 4) is 11.8 Å². The van der Waals surface area contributed by atoms with Gasteiger partial charge in [-0.15, -0.1) is 0 Å². The first-order valence-corrected chi connectivity index (χ1v) is 11.9. The van der Waals surface area contributed by atoms with Gasteiger partial charge < -0.3 is 25.7 Å². The average Bonchev–Trinajstić information content (AvgIpc) is 3.53. The maximum atomic E-state index is 13.1. The van der Waals surface area contributed by atoms with Crippen molar-refractivity contribution in [2.24, 2.45) is 11.8 Å². The van der Waals surface area contributed by atoms with Gasteiger partial charge in [-0.3, -0.25) is 14.4 Å². The summed E-state index contributed by atoms with van der Waals surface area (Å²) in [7, 11) is 1.54. The summed E-state index contributed by atoms with van der Waals surface area (Å²) in [4.78, 5) is 41.2. The van der Waals surface area contributed by atoms with Crippen LogP contribution >= 0.6 is 11.6 Å². The van der Waals surface area contributed by atoms with Crippen molar-refractivity contribution in [1.82, 2.24) is 20.9 Å². The standard InChI is InChI=1S/C24H28ClN5O4/c1-34-20-7-6-17(25)21-16(20)11-19(29-21)24(33)30-18(9-13-4-5-13)23(32)28-15(12-26)10-14-3-2-8-27-22(14)31/h6-7,11,13-15,18,29H,2-5,8-10H2,1H3,(H,27,31)(H,28,32)(H,30,33)/t14-,15-,18-/m0/s1. The molecule has 2 aliphatic rings. The number of hydrogen-bond acceptors (Lipinski definition) is 5. The van der Waals surface area contributed by atoms with E-state index < -0.39 is 23.9 Å². The van der Waals surface area contributed by atoms with Crippen LogP contribution in [-0.2, 0) is 9.59 Å². The minimum Gasteiger partial charge on any atom is -0.496 e. The van der Waals surface area contributed by atoms with Gasteiger partial charge in [-0.1, -0.05) is 24.4 Å². The number of aromatic nitrogens is 1. The molecule has 1 aromatic carbocycles. The van der Waals surface area contributed by atoms with Crippen molar-refractivity contribution in [2.45, 2.75) is 50.6 Å². The summed E-state index contributed by atoms with van der Waals surface area (Å²) in [5.74, 6) is -0.327. The molecule has 0 bridgehead atoms. The fourth-order valence-electron chi connectivity index (χ4n) is 4.38. The van der Waals surface area contributed by atoms with Crippen LogP contribution in [0.1, 0.15) is 49.0 Å². The fraction of sp³-hybridized carbons (Fsp3) is 0.500. The quantitative estimate of drug-likeness (QED) is 0.433. The molecule has 1 saturated heterocycles. The lowest BCUT2D eigenvalue weighted by Gasteiger charge is -2.25. The van der Waals surface area contributed by atoms with E-state index in [2.05, 4.69) is 27.0 Å². The van der Waals surface area contributed by atoms with E-state index in [-0.39, 0.29) is 23.9 Å². The normalized spacial score (nSPS) is 19.6. The van der Waals surface area contributed by atoms with Gasteiger partial charge >= 0.3 is 0 Å². The molecule has 0 spiro atoms. The number of halogens is 1. The topological polar surface area (TPSA) is 136 Å². The van der Waals surface area contributed by atoms with Crippen molar-refractivity contribution < 1.29 is 19.1 Å². The summed E-state index contributed by atoms with van der Waals surface area (Å²) in [5.41, 5.74) is 0.829. The summed E-state index contributed by atoms with van der Waals surface area (Å²) >= 11 is 6.26. The minimum absolute atomic E-state index is 0.0866. The van der Waals surface area contributed by atoms with Gasteiger partial charge in [-0.2, -0.15) is 5.26 Å². The molecule has 2 aromatic rings. The SMILES string of the molecule is COc1ccc(Cl)c2[nH]c(C(=O)N[C@@H](CC3CC3)C(=O)N[C@H](C#N)C[C@@H]3CCCNC3=O)cc12. The van der Waals surface area contributed by atoms with Crippen molar-refractivity contribution in [1.29, 1.82) is 5.26 Å². The van der Waals surface area contributed by atoms with Crippen molar-refractivity contribution in [3.63, 3.8) is 0 Å². The van der Waals surface area contributed by atoms with Crippen LogP contribution in [0.3, 0.4) is 0 Å². The lowest BCUT2D eigenvalue weighted by Crippen LogP contribution is -2.50. The van der Waals surface area contributed by atoms with Gasteiger partial charge in [0.2, 0.25) is 11.8 Å². The summed E-state index contributed by atoms with van der Waals surface area (Å²) in [5, 5.41) is 19.0. The smallest absolute Gasteiger partial charge is 0.268 e. The van der Waals surface area contributed by atoms with Gasteiger partial charge in [0.15, 0.2) is 0 Å². The molecule has 1 aliphatic heterocycles. The molecule has 1 aromatic heterocycles. The second-order valence-electron chi connectivity index (χ2n) is 8.98. The number of carbonyl (C=O) groups is 3. The van der Waals surface area contributed by atoms with Crippen LogP contribution in [0.25, 0.3) is 10.9 Å². The van der Waals surface area contributed by atoms with Gasteiger partial charge in [0.25, 0.3) is 5.91 Å². The highest BCUT2D eigenvalue weighted by atomic mass is 35.5. The Balaban J connectivity index is 1.46. The van der Waals surface area contributed by atoms with Crippen LogP contribution in [0.5, 0.6) is 5.75 Å². The number of carbonyl (C=O) groups excluding carboxylic acids is 3. The number of benzene rings is 1. The van der Waals surface area contributed by atoms with E-state index in [4.69, 9.17) is 16.3 Å². The van der Waals surface area contributed by atoms with Gasteiger partial charge in [0.05, 0.1) is 23.7 Å². The third kappa shape index (κ3) is 5.45. The number of nitrogens with zero attached hydrogens (tertiary/aromatic N) is 1. The van der Waals surface area contributed by atoms with Crippen molar-refractivity contribution in [3.05, 3.63) is 28.9 Å². The van der Waals surface area contributed by atoms with Crippen LogP contribution in [0.4, 0.5) is 0 Å². The summed E-state index contributed by atoms with van der Waals surface area (Å²) in [6.07, 6.45) is 4.28. The Morgan fingerprint density at radius 3 is 2.74 bits per heavy atom. The Morgan fingerprint density at radius 1 is 1.26 bits per heavy atom. The van der Waals surface area contributed by atoms with E-state index >= 15 is 0 Å². The second kappa shape index (κ2) is 10.3. The molecule has 3 amide bonds. The highest BCUT2D eigenvalue weighted by Gasteiger charge is 2.33. The number of methoxy groups -OCH3 is 1.